The Morgan fingerprint density at radius 1 is 0.621 bits per heavy atom. The first-order valence-corrected chi connectivity index (χ1v) is 39.8. The van der Waals surface area contributed by atoms with Gasteiger partial charge in [-0.05, 0) is 201 Å². The van der Waals surface area contributed by atoms with Crippen LogP contribution in [0.25, 0.3) is 0 Å². The van der Waals surface area contributed by atoms with Gasteiger partial charge in [-0.1, -0.05) is 29.4 Å². The Balaban J connectivity index is 0.000000203. The van der Waals surface area contributed by atoms with Crippen LogP contribution < -0.4 is 51.3 Å². The fraction of sp³-hybridized carbons (Fsp3) is 0.519. The molecule has 0 radical (unpaired) electrons. The minimum atomic E-state index is -5.02. The summed E-state index contributed by atoms with van der Waals surface area (Å²) < 4.78 is 68.3. The van der Waals surface area contributed by atoms with Gasteiger partial charge < -0.3 is 96.0 Å². The molecule has 1 aromatic heterocycles. The number of carbonyl (C=O) groups is 8. The molecule has 7 aliphatic heterocycles. The standard InChI is InChI=1S/C32H44N10O10S2.C17H23NO5.C16H21NO6.C12H15NO3/c1-32(2)26(28(44)42(32)52-54(47,48)49)39-27(43)25(23-17-53-30(33)38-23)40-51-24(29(45)46)16-50-22-8-7-18-14-41(15-19(18)11-22)31(36-20-5-3-9-34-12-20)37-21-6-4-10-35-13-21;1-11(19)15(20)10-22-14-6-5-12-8-18(9-13(12)7-14)16(21)23-17(2,3)4;1-16(2,3)23-15(21)17-7-10-4-5-12(6-11(10)8-17)22-9-13(18)14(19)20;1-8(14)12(15)7-16-11-3-2-9-5-13-6-10(9)4-11/h7-8,11,17,20-21,24,26,34-35H,3-6,9-10,12-16H2,1-2H3,(H2,33,38)(H,36,37)(H,39,43)(H,45,46)(H,47,48,49);5-7,15,20H,8-10H2,1-4H3;4-6,13,18H,7-9H2,1-3H3,(H,19,20);2-4,12-13,15H,5-7H2,1H3/b40-25-;;;/t20-,21-,24+,26-;15-;13-;12-/m1111/s1. The molecule has 0 saturated carbocycles. The summed E-state index contributed by atoms with van der Waals surface area (Å²) >= 11 is 0.972. The molecule has 12 rings (SSSR count). The van der Waals surface area contributed by atoms with E-state index in [1.165, 1.54) is 44.2 Å². The number of nitrogens with two attached hydrogens (primary N) is 1. The molecule has 116 heavy (non-hydrogen) atoms. The third-order valence-corrected chi connectivity index (χ3v) is 19.8. The number of hydrogen-bond donors (Lipinski definition) is 12. The van der Waals surface area contributed by atoms with Crippen molar-refractivity contribution in [1.29, 1.82) is 0 Å². The van der Waals surface area contributed by atoms with Gasteiger partial charge in [-0.3, -0.25) is 33.5 Å². The molecule has 0 spiro atoms. The quantitative estimate of drug-likeness (QED) is 0.0128. The number of Topliss-reactive ketones (excluding diaryl/α,β-unsaturated/α-hetero) is 2. The molecule has 0 unspecified atom stereocenters. The van der Waals surface area contributed by atoms with Crippen molar-refractivity contribution in [2.24, 2.45) is 10.1 Å². The maximum Gasteiger partial charge on any atom is 0.418 e. The second-order valence-electron chi connectivity index (χ2n) is 31.0. The zero-order valence-electron chi connectivity index (χ0n) is 66.2. The second kappa shape index (κ2) is 39.5. The number of aliphatic carboxylic acids is 2. The van der Waals surface area contributed by atoms with E-state index in [1.807, 2.05) is 90.1 Å². The van der Waals surface area contributed by atoms with Crippen LogP contribution in [0.3, 0.4) is 0 Å². The number of rotatable bonds is 25. The van der Waals surface area contributed by atoms with Crippen LogP contribution in [-0.2, 0) is 110 Å². The molecule has 8 heterocycles. The number of hydroxylamine groups is 2. The Hall–Kier alpha value is -10.4. The number of hydrogen-bond acceptors (Lipinski definition) is 29. The molecule has 37 nitrogen and oxygen atoms in total. The van der Waals surface area contributed by atoms with E-state index in [9.17, 15) is 67.2 Å². The maximum atomic E-state index is 13.4. The summed E-state index contributed by atoms with van der Waals surface area (Å²) in [6.45, 7) is 24.0. The van der Waals surface area contributed by atoms with Gasteiger partial charge in [0.1, 0.15) is 84.6 Å². The van der Waals surface area contributed by atoms with Crippen molar-refractivity contribution in [1.82, 2.24) is 51.3 Å². The molecule has 4 aromatic carbocycles. The van der Waals surface area contributed by atoms with Crippen LogP contribution in [-0.4, -0.2) is 234 Å². The summed E-state index contributed by atoms with van der Waals surface area (Å²) in [6.07, 6.45) is -1.88. The minimum Gasteiger partial charge on any atom is -0.490 e. The van der Waals surface area contributed by atoms with E-state index in [2.05, 4.69) is 45.9 Å². The normalized spacial score (nSPS) is 19.1. The molecule has 0 aliphatic carbocycles. The highest BCUT2D eigenvalue weighted by atomic mass is 32.3. The lowest BCUT2D eigenvalue weighted by Gasteiger charge is -2.50. The van der Waals surface area contributed by atoms with E-state index >= 15 is 0 Å². The van der Waals surface area contributed by atoms with E-state index in [0.717, 1.165) is 116 Å². The number of oxime groups is 1. The number of carboxylic acid groups (broad SMARTS) is 2. The SMILES string of the molecule is CC(=O)[C@H](O)COc1ccc2c(c1)CN(C(=O)OC(C)(C)C)C2.CC(=O)[C@H](O)COc1ccc2c(c1)CNC2.CC(C)(C)OC(=O)N1Cc2ccc(OC[C@@H](O)C(=O)O)cc2C1.CC1(C)[C@H](NC(=O)/C(=N\O[C@@H](COc2ccc3c(c2)CN(C(=N[C@@H]2CCCNC2)N[C@@H]2CCCNC2)C3)C(=O)O)c2csc(N)n2)C(=O)N1OS(=O)(=O)O. The number of β-lactam (4-membered cyclic amide) rings is 1. The van der Waals surface area contributed by atoms with Crippen LogP contribution in [0.5, 0.6) is 23.0 Å². The van der Waals surface area contributed by atoms with Gasteiger partial charge in [-0.25, -0.2) is 29.2 Å². The van der Waals surface area contributed by atoms with Crippen LogP contribution in [0.1, 0.15) is 145 Å². The first-order valence-electron chi connectivity index (χ1n) is 37.6. The number of thiazole rings is 1. The number of amides is 4. The fourth-order valence-corrected chi connectivity index (χ4v) is 13.6. The lowest BCUT2D eigenvalue weighted by atomic mass is 9.84. The largest absolute Gasteiger partial charge is 0.490 e. The molecular formula is C77H103N13O24S2. The van der Waals surface area contributed by atoms with Crippen molar-refractivity contribution in [2.45, 2.75) is 207 Å². The third-order valence-electron chi connectivity index (χ3n) is 18.8. The number of ether oxygens (including phenoxy) is 6. The number of carboxylic acids is 2. The highest BCUT2D eigenvalue weighted by Crippen LogP contribution is 2.35. The fourth-order valence-electron chi connectivity index (χ4n) is 12.6. The molecule has 5 aromatic rings. The monoisotopic (exact) mass is 1660 g/mol. The van der Waals surface area contributed by atoms with Gasteiger partial charge in [0, 0.05) is 76.9 Å². The first kappa shape index (κ1) is 89.6. The van der Waals surface area contributed by atoms with Crippen molar-refractivity contribution < 1.29 is 114 Å². The maximum absolute atomic E-state index is 13.4. The molecule has 0 bridgehead atoms. The van der Waals surface area contributed by atoms with Crippen molar-refractivity contribution in [2.75, 3.05) is 58.3 Å². The van der Waals surface area contributed by atoms with Gasteiger partial charge in [0.15, 0.2) is 34.5 Å². The van der Waals surface area contributed by atoms with Crippen molar-refractivity contribution in [3.8, 4) is 23.0 Å². The molecule has 7 atom stereocenters. The van der Waals surface area contributed by atoms with E-state index in [0.29, 0.717) is 67.3 Å². The number of piperidine rings is 2. The second-order valence-corrected chi connectivity index (χ2v) is 32.9. The van der Waals surface area contributed by atoms with Crippen molar-refractivity contribution in [3.05, 3.63) is 128 Å². The predicted octanol–water partition coefficient (Wildman–Crippen LogP) is 4.23. The van der Waals surface area contributed by atoms with Gasteiger partial charge in [-0.2, -0.15) is 13.5 Å². The number of anilines is 1. The van der Waals surface area contributed by atoms with E-state index in [4.69, 9.17) is 53.6 Å². The highest BCUT2D eigenvalue weighted by molar-refractivity contribution is 7.80. The lowest BCUT2D eigenvalue weighted by Crippen LogP contribution is -2.76. The minimum absolute atomic E-state index is 0.0154. The Bertz CT molecular complexity index is 4430. The number of ketones is 2. The first-order chi connectivity index (χ1) is 54.6. The summed E-state index contributed by atoms with van der Waals surface area (Å²) in [5.41, 5.74) is 11.2. The molecule has 4 amide bonds. The molecular weight excluding hydrogens is 1560 g/mol. The summed E-state index contributed by atoms with van der Waals surface area (Å²) in [4.78, 5) is 115. The molecule has 7 aliphatic rings. The van der Waals surface area contributed by atoms with Crippen LogP contribution in [0.4, 0.5) is 14.7 Å². The average molecular weight is 1660 g/mol. The zero-order valence-corrected chi connectivity index (χ0v) is 67.9. The van der Waals surface area contributed by atoms with Gasteiger partial charge in [0.25, 0.3) is 17.9 Å². The van der Waals surface area contributed by atoms with E-state index in [-0.39, 0.29) is 66.5 Å². The highest BCUT2D eigenvalue weighted by Gasteiger charge is 2.58. The lowest BCUT2D eigenvalue weighted by molar-refractivity contribution is -0.218. The number of nitrogens with zero attached hydrogens (tertiary/aromatic N) is 7. The summed E-state index contributed by atoms with van der Waals surface area (Å²) in [7, 11) is -5.02. The third kappa shape index (κ3) is 26.1. The van der Waals surface area contributed by atoms with Crippen LogP contribution in [0.2, 0.25) is 0 Å². The Morgan fingerprint density at radius 3 is 1.52 bits per heavy atom. The van der Waals surface area contributed by atoms with Gasteiger partial charge in [0.2, 0.25) is 0 Å². The van der Waals surface area contributed by atoms with Crippen LogP contribution >= 0.6 is 11.3 Å². The van der Waals surface area contributed by atoms with Crippen LogP contribution in [0, 0.1) is 0 Å². The molecule has 13 N–H and O–H groups in total. The number of aliphatic hydroxyl groups is 3. The number of guanidine groups is 1. The molecule has 632 valence electrons. The number of benzene rings is 4. The molecule has 3 saturated heterocycles. The summed E-state index contributed by atoms with van der Waals surface area (Å²) in [5.74, 6) is -2.38. The Morgan fingerprint density at radius 2 is 1.08 bits per heavy atom. The smallest absolute Gasteiger partial charge is 0.418 e. The average Bonchev–Trinajstić information content (AvgIpc) is 1.43. The number of aliphatic imine (C=N–C) groups is 1. The number of aliphatic hydroxyl groups excluding tert-OH is 3. The van der Waals surface area contributed by atoms with Gasteiger partial charge in [0.05, 0.1) is 11.6 Å². The Labute approximate surface area is 675 Å². The Kier molecular flexibility index (Phi) is 30.5. The predicted molar refractivity (Wildman–Crippen MR) is 419 cm³/mol. The van der Waals surface area contributed by atoms with Gasteiger partial charge >= 0.3 is 34.5 Å². The summed E-state index contributed by atoms with van der Waals surface area (Å²) in [6, 6.07) is 21.2. The molecule has 3 fully saturated rings. The van der Waals surface area contributed by atoms with E-state index < -0.39 is 93.7 Å². The van der Waals surface area contributed by atoms with Crippen molar-refractivity contribution >= 4 is 86.0 Å². The number of nitrogens with one attached hydrogen (secondary N) is 5. The van der Waals surface area contributed by atoms with E-state index in [1.54, 1.807) is 34.1 Å². The number of carbonyl (C=O) groups excluding carboxylic acids is 6. The van der Waals surface area contributed by atoms with Crippen LogP contribution in [0.15, 0.2) is 88.3 Å². The number of fused-ring (bicyclic) bond motifs is 4. The number of aromatic nitrogens is 1. The summed E-state index contributed by atoms with van der Waals surface area (Å²) in [5, 5.41) is 68.4. The van der Waals surface area contributed by atoms with Gasteiger partial charge in [-0.15, -0.1) is 15.6 Å². The van der Waals surface area contributed by atoms with Crippen molar-refractivity contribution in [3.63, 3.8) is 0 Å². The molecule has 39 heteroatoms. The number of nitrogen functional groups attached to an aromatic ring is 1. The topological polar surface area (TPSA) is 503 Å². The zero-order chi connectivity index (χ0) is 84.6.